The van der Waals surface area contributed by atoms with E-state index in [1.54, 1.807) is 18.2 Å². The van der Waals surface area contributed by atoms with Crippen molar-refractivity contribution in [1.82, 2.24) is 5.43 Å². The van der Waals surface area contributed by atoms with Crippen molar-refractivity contribution < 1.29 is 28.6 Å². The number of esters is 1. The molecule has 0 aliphatic heterocycles. The van der Waals surface area contributed by atoms with E-state index in [1.165, 1.54) is 51.8 Å². The van der Waals surface area contributed by atoms with Gasteiger partial charge in [0, 0.05) is 11.3 Å². The molecule has 9 nitrogen and oxygen atoms in total. The minimum absolute atomic E-state index is 0.321. The molecule has 0 saturated heterocycles. The average Bonchev–Trinajstić information content (AvgIpc) is 2.73. The molecule has 2 aromatic rings. The predicted octanol–water partition coefficient (Wildman–Crippen LogP) is 1.58. The maximum absolute atomic E-state index is 11.9. The summed E-state index contributed by atoms with van der Waals surface area (Å²) in [5.74, 6) is -1.43. The Kier molecular flexibility index (Phi) is 7.09. The molecule has 2 amide bonds. The molecule has 0 radical (unpaired) electrons. The zero-order valence-electron chi connectivity index (χ0n) is 15.5. The largest absolute Gasteiger partial charge is 0.493 e. The number of hydrogen-bond donors (Lipinski definition) is 2. The number of anilines is 1. The fourth-order valence-electron chi connectivity index (χ4n) is 2.22. The standard InChI is InChI=1S/C19H19N3O6/c1-26-15-6-4-5-13(16(15)27-2)11-20-22-18(24)17(23)21-14-9-7-12(8-10-14)19(25)28-3/h4-11H,1-3H3,(H,21,23)(H,22,24)/b20-11+. The van der Waals surface area contributed by atoms with Gasteiger partial charge in [0.1, 0.15) is 0 Å². The second-order valence-electron chi connectivity index (χ2n) is 5.30. The molecule has 0 aromatic heterocycles. The molecule has 2 aromatic carbocycles. The van der Waals surface area contributed by atoms with E-state index in [2.05, 4.69) is 20.6 Å². The SMILES string of the molecule is COC(=O)c1ccc(NC(=O)C(=O)N/N=C/c2cccc(OC)c2OC)cc1. The fourth-order valence-corrected chi connectivity index (χ4v) is 2.22. The van der Waals surface area contributed by atoms with E-state index >= 15 is 0 Å². The predicted molar refractivity (Wildman–Crippen MR) is 102 cm³/mol. The molecule has 0 atom stereocenters. The third kappa shape index (κ3) is 5.07. The lowest BCUT2D eigenvalue weighted by Gasteiger charge is -2.09. The molecule has 0 aliphatic rings. The third-order valence-electron chi connectivity index (χ3n) is 3.57. The Morgan fingerprint density at radius 1 is 0.929 bits per heavy atom. The first-order valence-corrected chi connectivity index (χ1v) is 8.04. The van der Waals surface area contributed by atoms with E-state index in [0.717, 1.165) is 0 Å². The molecule has 0 aliphatic carbocycles. The highest BCUT2D eigenvalue weighted by atomic mass is 16.5. The maximum atomic E-state index is 11.9. The highest BCUT2D eigenvalue weighted by molar-refractivity contribution is 6.39. The van der Waals surface area contributed by atoms with Crippen molar-refractivity contribution in [3.05, 3.63) is 53.6 Å². The molecule has 9 heteroatoms. The first-order valence-electron chi connectivity index (χ1n) is 8.04. The summed E-state index contributed by atoms with van der Waals surface area (Å²) in [6, 6.07) is 11.0. The third-order valence-corrected chi connectivity index (χ3v) is 3.57. The van der Waals surface area contributed by atoms with E-state index in [9.17, 15) is 14.4 Å². The lowest BCUT2D eigenvalue weighted by molar-refractivity contribution is -0.136. The van der Waals surface area contributed by atoms with Crippen LogP contribution in [-0.2, 0) is 14.3 Å². The molecule has 146 valence electrons. The monoisotopic (exact) mass is 385 g/mol. The van der Waals surface area contributed by atoms with Crippen molar-refractivity contribution in [2.24, 2.45) is 5.10 Å². The molecule has 2 N–H and O–H groups in total. The number of hydrogen-bond acceptors (Lipinski definition) is 7. The van der Waals surface area contributed by atoms with Gasteiger partial charge in [-0.1, -0.05) is 6.07 Å². The quantitative estimate of drug-likeness (QED) is 0.338. The summed E-state index contributed by atoms with van der Waals surface area (Å²) in [5.41, 5.74) is 3.34. The second-order valence-corrected chi connectivity index (χ2v) is 5.30. The van der Waals surface area contributed by atoms with Gasteiger partial charge in [-0.15, -0.1) is 0 Å². The number of amides is 2. The van der Waals surface area contributed by atoms with Gasteiger partial charge in [-0.2, -0.15) is 5.10 Å². The Labute approximate surface area is 161 Å². The minimum atomic E-state index is -0.963. The van der Waals surface area contributed by atoms with Crippen LogP contribution in [0.25, 0.3) is 0 Å². The molecule has 2 rings (SSSR count). The van der Waals surface area contributed by atoms with Crippen LogP contribution in [0.2, 0.25) is 0 Å². The first-order chi connectivity index (χ1) is 13.5. The number of carbonyl (C=O) groups excluding carboxylic acids is 3. The number of nitrogens with zero attached hydrogens (tertiary/aromatic N) is 1. The summed E-state index contributed by atoms with van der Waals surface area (Å²) in [5, 5.41) is 6.15. The normalized spacial score (nSPS) is 10.2. The topological polar surface area (TPSA) is 115 Å². The van der Waals surface area contributed by atoms with Gasteiger partial charge in [0.25, 0.3) is 0 Å². The van der Waals surface area contributed by atoms with Gasteiger partial charge in [-0.05, 0) is 36.4 Å². The maximum Gasteiger partial charge on any atom is 0.337 e. The van der Waals surface area contributed by atoms with Crippen LogP contribution >= 0.6 is 0 Å². The Bertz CT molecular complexity index is 893. The van der Waals surface area contributed by atoms with E-state index in [1.807, 2.05) is 0 Å². The highest BCUT2D eigenvalue weighted by Crippen LogP contribution is 2.29. The minimum Gasteiger partial charge on any atom is -0.493 e. The number of para-hydroxylation sites is 1. The van der Waals surface area contributed by atoms with E-state index in [0.29, 0.717) is 28.3 Å². The lowest BCUT2D eigenvalue weighted by Crippen LogP contribution is -2.32. The Balaban J connectivity index is 1.97. The highest BCUT2D eigenvalue weighted by Gasteiger charge is 2.14. The molecular weight excluding hydrogens is 366 g/mol. The summed E-state index contributed by atoms with van der Waals surface area (Å²) >= 11 is 0. The average molecular weight is 385 g/mol. The van der Waals surface area contributed by atoms with Crippen LogP contribution in [0, 0.1) is 0 Å². The zero-order chi connectivity index (χ0) is 20.5. The number of hydrazone groups is 1. The van der Waals surface area contributed by atoms with Crippen molar-refractivity contribution in [3.63, 3.8) is 0 Å². The van der Waals surface area contributed by atoms with Gasteiger partial charge in [0.2, 0.25) is 0 Å². The Morgan fingerprint density at radius 3 is 2.25 bits per heavy atom. The van der Waals surface area contributed by atoms with E-state index < -0.39 is 17.8 Å². The molecule has 28 heavy (non-hydrogen) atoms. The zero-order valence-corrected chi connectivity index (χ0v) is 15.5. The summed E-state index contributed by atoms with van der Waals surface area (Å²) < 4.78 is 15.0. The van der Waals surface area contributed by atoms with Gasteiger partial charge in [0.15, 0.2) is 11.5 Å². The molecule has 0 bridgehead atoms. The van der Waals surface area contributed by atoms with Crippen molar-refractivity contribution >= 4 is 29.7 Å². The molecule has 0 unspecified atom stereocenters. The molecule has 0 fully saturated rings. The van der Waals surface area contributed by atoms with Crippen molar-refractivity contribution in [1.29, 1.82) is 0 Å². The van der Waals surface area contributed by atoms with Crippen molar-refractivity contribution in [3.8, 4) is 11.5 Å². The van der Waals surface area contributed by atoms with Gasteiger partial charge in [0.05, 0.1) is 33.1 Å². The second kappa shape index (κ2) is 9.72. The van der Waals surface area contributed by atoms with Crippen LogP contribution in [0.3, 0.4) is 0 Å². The number of methoxy groups -OCH3 is 3. The molecule has 0 saturated carbocycles. The summed E-state index contributed by atoms with van der Waals surface area (Å²) in [6.45, 7) is 0. The van der Waals surface area contributed by atoms with Crippen LogP contribution < -0.4 is 20.2 Å². The van der Waals surface area contributed by atoms with Crippen LogP contribution in [0.1, 0.15) is 15.9 Å². The number of nitrogens with one attached hydrogen (secondary N) is 2. The van der Waals surface area contributed by atoms with E-state index in [-0.39, 0.29) is 0 Å². The number of benzene rings is 2. The molecular formula is C19H19N3O6. The lowest BCUT2D eigenvalue weighted by atomic mass is 10.2. The number of rotatable bonds is 6. The van der Waals surface area contributed by atoms with Crippen LogP contribution in [0.5, 0.6) is 11.5 Å². The van der Waals surface area contributed by atoms with Gasteiger partial charge < -0.3 is 19.5 Å². The van der Waals surface area contributed by atoms with Gasteiger partial charge in [-0.3, -0.25) is 9.59 Å². The van der Waals surface area contributed by atoms with Gasteiger partial charge >= 0.3 is 17.8 Å². The first kappa shape index (κ1) is 20.4. The van der Waals surface area contributed by atoms with Crippen molar-refractivity contribution in [2.75, 3.05) is 26.6 Å². The summed E-state index contributed by atoms with van der Waals surface area (Å²) in [7, 11) is 4.25. The van der Waals surface area contributed by atoms with E-state index in [4.69, 9.17) is 9.47 Å². The summed E-state index contributed by atoms with van der Waals surface area (Å²) in [4.78, 5) is 35.2. The van der Waals surface area contributed by atoms with Crippen LogP contribution in [0.15, 0.2) is 47.6 Å². The van der Waals surface area contributed by atoms with Crippen LogP contribution in [0.4, 0.5) is 5.69 Å². The number of carbonyl (C=O) groups is 3. The fraction of sp³-hybridized carbons (Fsp3) is 0.158. The summed E-state index contributed by atoms with van der Waals surface area (Å²) in [6.07, 6.45) is 1.33. The Hall–Kier alpha value is -3.88. The smallest absolute Gasteiger partial charge is 0.337 e. The van der Waals surface area contributed by atoms with Crippen molar-refractivity contribution in [2.45, 2.75) is 0 Å². The van der Waals surface area contributed by atoms with Crippen LogP contribution in [-0.4, -0.2) is 45.3 Å². The molecule has 0 spiro atoms. The molecule has 0 heterocycles. The van der Waals surface area contributed by atoms with Gasteiger partial charge in [-0.25, -0.2) is 10.2 Å². The number of ether oxygens (including phenoxy) is 3. The Morgan fingerprint density at radius 2 is 1.64 bits per heavy atom.